The molecule has 0 heterocycles. The number of carbonyl (C=O) groups is 2. The first-order chi connectivity index (χ1) is 8.52. The van der Waals surface area contributed by atoms with Crippen LogP contribution in [0.1, 0.15) is 52.4 Å². The summed E-state index contributed by atoms with van der Waals surface area (Å²) in [5, 5.41) is -1.15. The summed E-state index contributed by atoms with van der Waals surface area (Å²) in [6.07, 6.45) is 5.50. The number of unbranched alkanes of at least 4 members (excludes halogenated alkanes) is 2. The van der Waals surface area contributed by atoms with Gasteiger partial charge in [0.2, 0.25) is 10.5 Å². The molecule has 0 aliphatic rings. The number of hydrogen-bond donors (Lipinski definition) is 0. The predicted octanol–water partition coefficient (Wildman–Crippen LogP) is 5.02. The van der Waals surface area contributed by atoms with Gasteiger partial charge in [-0.2, -0.15) is 0 Å². The maximum Gasteiger partial charge on any atom is 0.235 e. The highest BCUT2D eigenvalue weighted by atomic mass is 35.5. The molecule has 0 saturated carbocycles. The fraction of sp³-hybridized carbons (Fsp3) is 0.833. The van der Waals surface area contributed by atoms with Crippen LogP contribution >= 0.6 is 44.8 Å². The van der Waals surface area contributed by atoms with E-state index in [0.29, 0.717) is 0 Å². The van der Waals surface area contributed by atoms with Gasteiger partial charge >= 0.3 is 0 Å². The summed E-state index contributed by atoms with van der Waals surface area (Å²) < 4.78 is 0. The summed E-state index contributed by atoms with van der Waals surface area (Å²) in [5.74, 6) is 0. The van der Waals surface area contributed by atoms with Gasteiger partial charge in [-0.3, -0.25) is 9.59 Å². The van der Waals surface area contributed by atoms with Crippen LogP contribution in [0.2, 0.25) is 0 Å². The lowest BCUT2D eigenvalue weighted by molar-refractivity contribution is -0.112. The Morgan fingerprint density at radius 1 is 0.889 bits per heavy atom. The van der Waals surface area contributed by atoms with E-state index in [1.165, 1.54) is 21.6 Å². The standard InChI is InChI=1S/C12H20Cl2O2S2/c1-3-5-7-9(11(13)15)17-18-10(12(14)16)8-6-4-2/h9-10H,3-8H2,1-2H3. The zero-order chi connectivity index (χ0) is 14.0. The van der Waals surface area contributed by atoms with Crippen molar-refractivity contribution in [1.82, 2.24) is 0 Å². The van der Waals surface area contributed by atoms with Crippen LogP contribution in [-0.4, -0.2) is 21.0 Å². The lowest BCUT2D eigenvalue weighted by atomic mass is 10.2. The first kappa shape index (κ1) is 18.6. The molecule has 0 radical (unpaired) electrons. The molecule has 0 aromatic carbocycles. The van der Waals surface area contributed by atoms with Gasteiger partial charge in [0, 0.05) is 0 Å². The van der Waals surface area contributed by atoms with E-state index < -0.39 is 0 Å². The van der Waals surface area contributed by atoms with Gasteiger partial charge in [0.25, 0.3) is 0 Å². The molecule has 18 heavy (non-hydrogen) atoms. The van der Waals surface area contributed by atoms with Crippen molar-refractivity contribution in [3.8, 4) is 0 Å². The minimum atomic E-state index is -0.336. The van der Waals surface area contributed by atoms with Gasteiger partial charge in [0.15, 0.2) is 0 Å². The monoisotopic (exact) mass is 330 g/mol. The molecule has 0 fully saturated rings. The Balaban J connectivity index is 4.18. The molecule has 6 heteroatoms. The molecule has 2 nitrogen and oxygen atoms in total. The highest BCUT2D eigenvalue weighted by molar-refractivity contribution is 8.77. The van der Waals surface area contributed by atoms with Gasteiger partial charge in [0.05, 0.1) is 10.5 Å². The molecule has 0 aromatic heterocycles. The smallest absolute Gasteiger partial charge is 0.235 e. The molecule has 106 valence electrons. The maximum atomic E-state index is 11.3. The highest BCUT2D eigenvalue weighted by Crippen LogP contribution is 2.37. The van der Waals surface area contributed by atoms with E-state index in [1.807, 2.05) is 0 Å². The molecule has 0 amide bonds. The zero-order valence-corrected chi connectivity index (χ0v) is 13.9. The van der Waals surface area contributed by atoms with Gasteiger partial charge in [-0.15, -0.1) is 0 Å². The summed E-state index contributed by atoms with van der Waals surface area (Å²) in [5.41, 5.74) is 0. The Bertz CT molecular complexity index is 236. The minimum Gasteiger partial charge on any atom is -0.280 e. The molecule has 0 aliphatic carbocycles. The Labute approximate surface area is 127 Å². The van der Waals surface area contributed by atoms with E-state index in [-0.39, 0.29) is 21.0 Å². The molecule has 0 aliphatic heterocycles. The van der Waals surface area contributed by atoms with Crippen LogP contribution in [0.4, 0.5) is 0 Å². The van der Waals surface area contributed by atoms with E-state index in [0.717, 1.165) is 38.5 Å². The van der Waals surface area contributed by atoms with Crippen LogP contribution < -0.4 is 0 Å². The Morgan fingerprint density at radius 2 is 1.22 bits per heavy atom. The average Bonchev–Trinajstić information content (AvgIpc) is 2.31. The zero-order valence-electron chi connectivity index (χ0n) is 10.8. The van der Waals surface area contributed by atoms with Crippen molar-refractivity contribution < 1.29 is 9.59 Å². The molecule has 0 N–H and O–H groups in total. The lowest BCUT2D eigenvalue weighted by Gasteiger charge is -2.15. The summed E-state index contributed by atoms with van der Waals surface area (Å²) in [7, 11) is 2.77. The molecule has 0 spiro atoms. The third-order valence-electron chi connectivity index (χ3n) is 2.43. The van der Waals surface area contributed by atoms with Gasteiger partial charge < -0.3 is 0 Å². The average molecular weight is 331 g/mol. The van der Waals surface area contributed by atoms with Crippen molar-refractivity contribution in [3.63, 3.8) is 0 Å². The van der Waals surface area contributed by atoms with E-state index in [1.54, 1.807) is 0 Å². The van der Waals surface area contributed by atoms with Crippen molar-refractivity contribution in [2.24, 2.45) is 0 Å². The van der Waals surface area contributed by atoms with Crippen molar-refractivity contribution in [1.29, 1.82) is 0 Å². The second-order valence-electron chi connectivity index (χ2n) is 4.06. The third-order valence-corrected chi connectivity index (χ3v) is 6.42. The molecular weight excluding hydrogens is 311 g/mol. The van der Waals surface area contributed by atoms with Crippen LogP contribution in [0.15, 0.2) is 0 Å². The number of rotatable bonds is 11. The first-order valence-electron chi connectivity index (χ1n) is 6.23. The fourth-order valence-corrected chi connectivity index (χ4v) is 4.97. The Kier molecular flexibility index (Phi) is 11.8. The summed E-state index contributed by atoms with van der Waals surface area (Å²) in [4.78, 5) is 22.5. The van der Waals surface area contributed by atoms with Crippen LogP contribution in [0.25, 0.3) is 0 Å². The second-order valence-corrected chi connectivity index (χ2v) is 7.49. The van der Waals surface area contributed by atoms with Gasteiger partial charge in [-0.05, 0) is 36.0 Å². The Morgan fingerprint density at radius 3 is 1.44 bits per heavy atom. The van der Waals surface area contributed by atoms with E-state index in [2.05, 4.69) is 13.8 Å². The summed E-state index contributed by atoms with van der Waals surface area (Å²) >= 11 is 11.1. The molecule has 0 aromatic rings. The number of carbonyl (C=O) groups excluding carboxylic acids is 2. The number of hydrogen-bond acceptors (Lipinski definition) is 4. The summed E-state index contributed by atoms with van der Waals surface area (Å²) in [6.45, 7) is 4.14. The molecule has 0 rings (SSSR count). The van der Waals surface area contributed by atoms with Crippen LogP contribution in [0, 0.1) is 0 Å². The SMILES string of the molecule is CCCCC(SSC(CCCC)C(=O)Cl)C(=O)Cl. The molecule has 2 atom stereocenters. The van der Waals surface area contributed by atoms with Crippen molar-refractivity contribution >= 4 is 55.3 Å². The molecular formula is C12H20Cl2O2S2. The predicted molar refractivity (Wildman–Crippen MR) is 83.5 cm³/mol. The van der Waals surface area contributed by atoms with Crippen LogP contribution in [0.3, 0.4) is 0 Å². The van der Waals surface area contributed by atoms with Crippen molar-refractivity contribution in [2.75, 3.05) is 0 Å². The van der Waals surface area contributed by atoms with Crippen LogP contribution in [0.5, 0.6) is 0 Å². The molecule has 0 saturated heterocycles. The lowest BCUT2D eigenvalue weighted by Crippen LogP contribution is -2.14. The molecule has 0 bridgehead atoms. The van der Waals surface area contributed by atoms with Gasteiger partial charge in [-0.25, -0.2) is 0 Å². The maximum absolute atomic E-state index is 11.3. The quantitative estimate of drug-likeness (QED) is 0.393. The van der Waals surface area contributed by atoms with Gasteiger partial charge in [0.1, 0.15) is 0 Å². The van der Waals surface area contributed by atoms with E-state index >= 15 is 0 Å². The molecule has 2 unspecified atom stereocenters. The first-order valence-corrected chi connectivity index (χ1v) is 9.26. The number of halogens is 2. The van der Waals surface area contributed by atoms with E-state index in [4.69, 9.17) is 23.2 Å². The van der Waals surface area contributed by atoms with Crippen LogP contribution in [-0.2, 0) is 9.59 Å². The second kappa shape index (κ2) is 11.4. The van der Waals surface area contributed by atoms with Crippen molar-refractivity contribution in [3.05, 3.63) is 0 Å². The van der Waals surface area contributed by atoms with Gasteiger partial charge in [-0.1, -0.05) is 61.1 Å². The topological polar surface area (TPSA) is 34.1 Å². The highest BCUT2D eigenvalue weighted by Gasteiger charge is 2.22. The largest absolute Gasteiger partial charge is 0.280 e. The summed E-state index contributed by atoms with van der Waals surface area (Å²) in [6, 6.07) is 0. The minimum absolute atomic E-state index is 0.239. The fourth-order valence-electron chi connectivity index (χ4n) is 1.31. The third kappa shape index (κ3) is 8.68. The Hall–Kier alpha value is 0.620. The van der Waals surface area contributed by atoms with Crippen molar-refractivity contribution in [2.45, 2.75) is 62.9 Å². The normalized spacial score (nSPS) is 14.2. The van der Waals surface area contributed by atoms with E-state index in [9.17, 15) is 9.59 Å².